The minimum Gasteiger partial charge on any atom is -0.338 e. The lowest BCUT2D eigenvalue weighted by molar-refractivity contribution is 0.0145. The maximum atomic E-state index is 13.4. The molecule has 3 aliphatic rings. The standard InChI is InChI=1S/C32H52N6O/c1-23-7-9-27(10-8-23)22-36(6)21-25(3)34-28-11-15-38(16-12-28)32(5)13-17-37(18-14-32)31(39)30-24(2)19-29(20-33)35-26(30)4/h19,23,25,27-28,34H,7-18,21-22H2,1-6H3. The van der Waals surface area contributed by atoms with Gasteiger partial charge in [-0.15, -0.1) is 0 Å². The monoisotopic (exact) mass is 536 g/mol. The third kappa shape index (κ3) is 7.60. The number of piperidine rings is 2. The van der Waals surface area contributed by atoms with Gasteiger partial charge in [-0.2, -0.15) is 5.26 Å². The van der Waals surface area contributed by atoms with Gasteiger partial charge in [0.25, 0.3) is 5.91 Å². The Morgan fingerprint density at radius 1 is 1.15 bits per heavy atom. The molecule has 1 aliphatic carbocycles. The summed E-state index contributed by atoms with van der Waals surface area (Å²) in [5, 5.41) is 13.1. The SMILES string of the molecule is Cc1cc(C#N)nc(C)c1C(=O)N1CCC(C)(N2CCC(NC(C)CN(C)CC3CCC(C)CC3)CC2)CC1. The molecule has 2 aliphatic heterocycles. The Bertz CT molecular complexity index is 987. The van der Waals surface area contributed by atoms with Gasteiger partial charge in [0.2, 0.25) is 0 Å². The van der Waals surface area contributed by atoms with E-state index in [-0.39, 0.29) is 11.4 Å². The number of pyridine rings is 1. The minimum absolute atomic E-state index is 0.0592. The van der Waals surface area contributed by atoms with Crippen molar-refractivity contribution in [2.24, 2.45) is 11.8 Å². The van der Waals surface area contributed by atoms with Crippen LogP contribution in [-0.4, -0.2) is 89.5 Å². The summed E-state index contributed by atoms with van der Waals surface area (Å²) in [5.74, 6) is 1.87. The lowest BCUT2D eigenvalue weighted by atomic mass is 9.83. The number of carbonyl (C=O) groups is 1. The molecule has 0 spiro atoms. The summed E-state index contributed by atoms with van der Waals surface area (Å²) in [6.07, 6.45) is 10.0. The highest BCUT2D eigenvalue weighted by Gasteiger charge is 2.39. The van der Waals surface area contributed by atoms with Crippen molar-refractivity contribution in [2.75, 3.05) is 46.3 Å². The molecule has 1 N–H and O–H groups in total. The predicted octanol–water partition coefficient (Wildman–Crippen LogP) is 4.77. The minimum atomic E-state index is 0.0592. The van der Waals surface area contributed by atoms with Crippen LogP contribution >= 0.6 is 0 Å². The van der Waals surface area contributed by atoms with Crippen molar-refractivity contribution < 1.29 is 4.79 Å². The van der Waals surface area contributed by atoms with Crippen LogP contribution in [0.5, 0.6) is 0 Å². The van der Waals surface area contributed by atoms with Gasteiger partial charge in [0.1, 0.15) is 11.8 Å². The Balaban J connectivity index is 1.20. The Morgan fingerprint density at radius 3 is 2.38 bits per heavy atom. The molecule has 216 valence electrons. The van der Waals surface area contributed by atoms with Crippen molar-refractivity contribution in [3.05, 3.63) is 28.6 Å². The molecule has 0 radical (unpaired) electrons. The molecule has 0 bridgehead atoms. The first-order valence-corrected chi connectivity index (χ1v) is 15.4. The van der Waals surface area contributed by atoms with Gasteiger partial charge >= 0.3 is 0 Å². The molecule has 1 aromatic rings. The first-order chi connectivity index (χ1) is 18.6. The van der Waals surface area contributed by atoms with Gasteiger partial charge in [-0.25, -0.2) is 4.98 Å². The zero-order valence-electron chi connectivity index (χ0n) is 25.4. The van der Waals surface area contributed by atoms with Crippen LogP contribution in [-0.2, 0) is 0 Å². The van der Waals surface area contributed by atoms with Crippen LogP contribution in [0.15, 0.2) is 6.07 Å². The number of hydrogen-bond donors (Lipinski definition) is 1. The van der Waals surface area contributed by atoms with Crippen molar-refractivity contribution >= 4 is 5.91 Å². The van der Waals surface area contributed by atoms with Gasteiger partial charge in [0.15, 0.2) is 0 Å². The van der Waals surface area contributed by atoms with Crippen LogP contribution in [0.1, 0.15) is 99.4 Å². The van der Waals surface area contributed by atoms with Gasteiger partial charge in [0, 0.05) is 56.9 Å². The van der Waals surface area contributed by atoms with Gasteiger partial charge in [-0.3, -0.25) is 9.69 Å². The molecule has 7 nitrogen and oxygen atoms in total. The number of aromatic nitrogens is 1. The van der Waals surface area contributed by atoms with Crippen LogP contribution in [0, 0.1) is 37.0 Å². The summed E-state index contributed by atoms with van der Waals surface area (Å²) in [5.41, 5.74) is 2.69. The molecule has 1 unspecified atom stereocenters. The van der Waals surface area contributed by atoms with Gasteiger partial charge in [-0.05, 0) is 96.7 Å². The van der Waals surface area contributed by atoms with Crippen molar-refractivity contribution in [1.29, 1.82) is 5.26 Å². The first-order valence-electron chi connectivity index (χ1n) is 15.4. The molecule has 7 heteroatoms. The second kappa shape index (κ2) is 13.1. The molecule has 3 heterocycles. The lowest BCUT2D eigenvalue weighted by Crippen LogP contribution is -2.58. The molecule has 1 atom stereocenters. The summed E-state index contributed by atoms with van der Waals surface area (Å²) in [6.45, 7) is 17.1. The summed E-state index contributed by atoms with van der Waals surface area (Å²) < 4.78 is 0. The Labute approximate surface area is 237 Å². The van der Waals surface area contributed by atoms with Crippen molar-refractivity contribution in [3.8, 4) is 6.07 Å². The van der Waals surface area contributed by atoms with E-state index in [1.165, 1.54) is 45.1 Å². The average Bonchev–Trinajstić information content (AvgIpc) is 2.90. The van der Waals surface area contributed by atoms with E-state index in [0.717, 1.165) is 63.0 Å². The fourth-order valence-electron chi connectivity index (χ4n) is 7.41. The number of aryl methyl sites for hydroxylation is 2. The smallest absolute Gasteiger partial charge is 0.255 e. The summed E-state index contributed by atoms with van der Waals surface area (Å²) in [7, 11) is 2.30. The lowest BCUT2D eigenvalue weighted by Gasteiger charge is -2.49. The Morgan fingerprint density at radius 2 is 1.79 bits per heavy atom. The van der Waals surface area contributed by atoms with Crippen LogP contribution in [0.25, 0.3) is 0 Å². The zero-order valence-corrected chi connectivity index (χ0v) is 25.4. The van der Waals surface area contributed by atoms with Gasteiger partial charge in [0.05, 0.1) is 11.3 Å². The largest absolute Gasteiger partial charge is 0.338 e. The highest BCUT2D eigenvalue weighted by molar-refractivity contribution is 5.96. The van der Waals surface area contributed by atoms with E-state index in [4.69, 9.17) is 0 Å². The molecule has 39 heavy (non-hydrogen) atoms. The topological polar surface area (TPSA) is 75.5 Å². The average molecular weight is 537 g/mol. The molecule has 2 saturated heterocycles. The van der Waals surface area contributed by atoms with Gasteiger partial charge in [-0.1, -0.05) is 19.8 Å². The number of nitrogens with zero attached hydrogens (tertiary/aromatic N) is 5. The summed E-state index contributed by atoms with van der Waals surface area (Å²) in [6, 6.07) is 4.93. The van der Waals surface area contributed by atoms with Crippen molar-refractivity contribution in [3.63, 3.8) is 0 Å². The molecular formula is C32H52N6O. The maximum Gasteiger partial charge on any atom is 0.255 e. The summed E-state index contributed by atoms with van der Waals surface area (Å²) >= 11 is 0. The predicted molar refractivity (Wildman–Crippen MR) is 158 cm³/mol. The van der Waals surface area contributed by atoms with E-state index in [0.29, 0.717) is 29.0 Å². The zero-order chi connectivity index (χ0) is 28.2. The second-order valence-electron chi connectivity index (χ2n) is 13.4. The fraction of sp³-hybridized carbons (Fsp3) is 0.781. The van der Waals surface area contributed by atoms with Gasteiger partial charge < -0.3 is 15.1 Å². The normalized spacial score (nSPS) is 25.4. The molecule has 4 rings (SSSR count). The number of rotatable bonds is 8. The fourth-order valence-corrected chi connectivity index (χ4v) is 7.41. The van der Waals surface area contributed by atoms with Crippen LogP contribution in [0.2, 0.25) is 0 Å². The molecular weight excluding hydrogens is 484 g/mol. The Hall–Kier alpha value is -2.01. The summed E-state index contributed by atoms with van der Waals surface area (Å²) in [4.78, 5) is 24.9. The molecule has 1 amide bonds. The third-order valence-corrected chi connectivity index (χ3v) is 9.92. The third-order valence-electron chi connectivity index (χ3n) is 9.92. The number of likely N-dealkylation sites (N-methyl/N-ethyl adjacent to an activating group) is 1. The van der Waals surface area contributed by atoms with Crippen LogP contribution in [0.3, 0.4) is 0 Å². The molecule has 3 fully saturated rings. The second-order valence-corrected chi connectivity index (χ2v) is 13.4. The quantitative estimate of drug-likeness (QED) is 0.516. The molecule has 1 saturated carbocycles. The number of nitriles is 1. The molecule has 0 aromatic carbocycles. The highest BCUT2D eigenvalue weighted by atomic mass is 16.2. The Kier molecular flexibility index (Phi) is 10.1. The number of nitrogens with one attached hydrogen (secondary N) is 1. The van der Waals surface area contributed by atoms with Crippen molar-refractivity contribution in [2.45, 2.75) is 104 Å². The van der Waals surface area contributed by atoms with E-state index in [9.17, 15) is 10.1 Å². The van der Waals surface area contributed by atoms with Crippen molar-refractivity contribution in [1.82, 2.24) is 25.0 Å². The number of likely N-dealkylation sites (tertiary alicyclic amines) is 2. The van der Waals surface area contributed by atoms with E-state index in [2.05, 4.69) is 54.0 Å². The van der Waals surface area contributed by atoms with E-state index in [1.807, 2.05) is 18.7 Å². The number of amides is 1. The first kappa shape index (κ1) is 30.0. The van der Waals surface area contributed by atoms with Crippen LogP contribution in [0.4, 0.5) is 0 Å². The van der Waals surface area contributed by atoms with E-state index >= 15 is 0 Å². The maximum absolute atomic E-state index is 13.4. The number of carbonyl (C=O) groups excluding carboxylic acids is 1. The molecule has 1 aromatic heterocycles. The number of hydrogen-bond acceptors (Lipinski definition) is 6. The van der Waals surface area contributed by atoms with Crippen LogP contribution < -0.4 is 5.32 Å². The van der Waals surface area contributed by atoms with E-state index in [1.54, 1.807) is 6.07 Å². The highest BCUT2D eigenvalue weighted by Crippen LogP contribution is 2.32. The van der Waals surface area contributed by atoms with E-state index < -0.39 is 0 Å².